The van der Waals surface area contributed by atoms with Crippen molar-refractivity contribution in [2.75, 3.05) is 11.9 Å². The van der Waals surface area contributed by atoms with E-state index in [4.69, 9.17) is 0 Å². The molecule has 2 aromatic rings. The molecule has 21 heavy (non-hydrogen) atoms. The molecule has 1 aliphatic heterocycles. The number of carbonyl (C=O) groups excluding carboxylic acids is 2. The second-order valence-corrected chi connectivity index (χ2v) is 4.76. The molecule has 1 N–H and O–H groups in total. The van der Waals surface area contributed by atoms with Crippen LogP contribution < -0.4 is 5.32 Å². The molecule has 0 bridgehead atoms. The fourth-order valence-corrected chi connectivity index (χ4v) is 2.21. The Morgan fingerprint density at radius 1 is 1.29 bits per heavy atom. The number of nitrogens with one attached hydrogen (secondary N) is 1. The summed E-state index contributed by atoms with van der Waals surface area (Å²) in [7, 11) is 0. The molecule has 1 fully saturated rings. The Balaban J connectivity index is 1.71. The van der Waals surface area contributed by atoms with Gasteiger partial charge in [-0.05, 0) is 18.2 Å². The molecule has 6 heteroatoms. The van der Waals surface area contributed by atoms with Gasteiger partial charge in [-0.15, -0.1) is 0 Å². The average molecular weight is 282 g/mol. The molecule has 2 heterocycles. The van der Waals surface area contributed by atoms with Gasteiger partial charge < -0.3 is 10.2 Å². The standard InChI is InChI=1S/C15H14N4O2/c20-10-11-3-1-4-12(9-11)14(21)19-8-5-13(19)18-15-16-6-2-7-17-15/h1-4,6-7,9-10,13H,5,8H2,(H,16,17,18). The van der Waals surface area contributed by atoms with Gasteiger partial charge >= 0.3 is 0 Å². The van der Waals surface area contributed by atoms with Crippen LogP contribution in [-0.2, 0) is 0 Å². The number of benzene rings is 1. The second kappa shape index (κ2) is 5.70. The molecule has 1 unspecified atom stereocenters. The minimum absolute atomic E-state index is 0.0987. The quantitative estimate of drug-likeness (QED) is 0.862. The van der Waals surface area contributed by atoms with E-state index in [9.17, 15) is 9.59 Å². The van der Waals surface area contributed by atoms with E-state index < -0.39 is 0 Å². The lowest BCUT2D eigenvalue weighted by atomic mass is 10.1. The molecular formula is C15H14N4O2. The molecule has 0 saturated carbocycles. The zero-order valence-electron chi connectivity index (χ0n) is 11.3. The van der Waals surface area contributed by atoms with Crippen LogP contribution in [0.25, 0.3) is 0 Å². The van der Waals surface area contributed by atoms with Crippen LogP contribution in [0.5, 0.6) is 0 Å². The van der Waals surface area contributed by atoms with Crippen molar-refractivity contribution in [2.45, 2.75) is 12.6 Å². The number of aldehydes is 1. The van der Waals surface area contributed by atoms with E-state index in [2.05, 4.69) is 15.3 Å². The van der Waals surface area contributed by atoms with Crippen LogP contribution >= 0.6 is 0 Å². The summed E-state index contributed by atoms with van der Waals surface area (Å²) in [6.45, 7) is 0.675. The topological polar surface area (TPSA) is 75.2 Å². The molecule has 3 rings (SSSR count). The minimum atomic E-state index is -0.111. The van der Waals surface area contributed by atoms with Crippen molar-refractivity contribution in [3.8, 4) is 0 Å². The third-order valence-electron chi connectivity index (χ3n) is 3.41. The highest BCUT2D eigenvalue weighted by Gasteiger charge is 2.33. The highest BCUT2D eigenvalue weighted by Crippen LogP contribution is 2.21. The predicted octanol–water partition coefficient (Wildman–Crippen LogP) is 1.57. The molecule has 106 valence electrons. The summed E-state index contributed by atoms with van der Waals surface area (Å²) in [5.74, 6) is 0.403. The van der Waals surface area contributed by atoms with Crippen LogP contribution in [0, 0.1) is 0 Å². The molecule has 1 atom stereocenters. The predicted molar refractivity (Wildman–Crippen MR) is 76.9 cm³/mol. The van der Waals surface area contributed by atoms with Crippen LogP contribution in [0.3, 0.4) is 0 Å². The van der Waals surface area contributed by atoms with Gasteiger partial charge in [-0.2, -0.15) is 0 Å². The van der Waals surface area contributed by atoms with E-state index in [0.29, 0.717) is 23.6 Å². The van der Waals surface area contributed by atoms with Crippen molar-refractivity contribution in [2.24, 2.45) is 0 Å². The van der Waals surface area contributed by atoms with E-state index in [1.807, 2.05) is 0 Å². The average Bonchev–Trinajstić information content (AvgIpc) is 2.52. The zero-order valence-corrected chi connectivity index (χ0v) is 11.3. The normalized spacial score (nSPS) is 17.0. The van der Waals surface area contributed by atoms with Crippen molar-refractivity contribution in [1.82, 2.24) is 14.9 Å². The number of hydrogen-bond acceptors (Lipinski definition) is 5. The number of rotatable bonds is 4. The van der Waals surface area contributed by atoms with Crippen LogP contribution in [0.4, 0.5) is 5.95 Å². The Hall–Kier alpha value is -2.76. The molecule has 1 amide bonds. The van der Waals surface area contributed by atoms with Crippen LogP contribution in [0.15, 0.2) is 42.7 Å². The first kappa shape index (κ1) is 13.2. The van der Waals surface area contributed by atoms with Gasteiger partial charge in [-0.25, -0.2) is 9.97 Å². The molecule has 0 aliphatic carbocycles. The molecule has 0 spiro atoms. The Kier molecular flexibility index (Phi) is 3.59. The van der Waals surface area contributed by atoms with Crippen LogP contribution in [0.2, 0.25) is 0 Å². The van der Waals surface area contributed by atoms with E-state index in [0.717, 1.165) is 12.7 Å². The van der Waals surface area contributed by atoms with Crippen molar-refractivity contribution in [3.63, 3.8) is 0 Å². The van der Waals surface area contributed by atoms with Gasteiger partial charge in [0.2, 0.25) is 5.95 Å². The monoisotopic (exact) mass is 282 g/mol. The van der Waals surface area contributed by atoms with E-state index in [1.54, 1.807) is 47.6 Å². The number of anilines is 1. The molecule has 1 saturated heterocycles. The molecular weight excluding hydrogens is 268 g/mol. The van der Waals surface area contributed by atoms with Crippen LogP contribution in [0.1, 0.15) is 27.1 Å². The third-order valence-corrected chi connectivity index (χ3v) is 3.41. The molecule has 1 aromatic carbocycles. The second-order valence-electron chi connectivity index (χ2n) is 4.76. The fourth-order valence-electron chi connectivity index (χ4n) is 2.21. The number of hydrogen-bond donors (Lipinski definition) is 1. The number of carbonyl (C=O) groups is 2. The van der Waals surface area contributed by atoms with E-state index in [-0.39, 0.29) is 12.1 Å². The van der Waals surface area contributed by atoms with Crippen molar-refractivity contribution in [1.29, 1.82) is 0 Å². The molecule has 6 nitrogen and oxygen atoms in total. The summed E-state index contributed by atoms with van der Waals surface area (Å²) in [6.07, 6.45) is 4.76. The minimum Gasteiger partial charge on any atom is -0.334 e. The highest BCUT2D eigenvalue weighted by molar-refractivity contribution is 5.96. The first-order chi connectivity index (χ1) is 10.3. The van der Waals surface area contributed by atoms with Gasteiger partial charge in [0.1, 0.15) is 12.5 Å². The maximum absolute atomic E-state index is 12.4. The summed E-state index contributed by atoms with van der Waals surface area (Å²) in [5, 5.41) is 3.12. The lowest BCUT2D eigenvalue weighted by Gasteiger charge is -2.41. The van der Waals surface area contributed by atoms with Gasteiger partial charge in [-0.1, -0.05) is 12.1 Å². The van der Waals surface area contributed by atoms with E-state index in [1.165, 1.54) is 0 Å². The Labute approximate surface area is 121 Å². The molecule has 1 aromatic heterocycles. The number of amides is 1. The van der Waals surface area contributed by atoms with Gasteiger partial charge in [0.25, 0.3) is 5.91 Å². The Morgan fingerprint density at radius 2 is 2.10 bits per heavy atom. The van der Waals surface area contributed by atoms with Gasteiger partial charge in [0.15, 0.2) is 0 Å². The largest absolute Gasteiger partial charge is 0.334 e. The number of nitrogens with zero attached hydrogens (tertiary/aromatic N) is 3. The first-order valence-electron chi connectivity index (χ1n) is 6.68. The van der Waals surface area contributed by atoms with Gasteiger partial charge in [-0.3, -0.25) is 9.59 Å². The number of aromatic nitrogens is 2. The van der Waals surface area contributed by atoms with Crippen molar-refractivity contribution < 1.29 is 9.59 Å². The maximum Gasteiger partial charge on any atom is 0.255 e. The van der Waals surface area contributed by atoms with Crippen LogP contribution in [-0.4, -0.2) is 39.8 Å². The maximum atomic E-state index is 12.4. The summed E-state index contributed by atoms with van der Waals surface area (Å²) in [6, 6.07) is 8.43. The van der Waals surface area contributed by atoms with Crippen molar-refractivity contribution in [3.05, 3.63) is 53.9 Å². The Bertz CT molecular complexity index is 660. The van der Waals surface area contributed by atoms with Gasteiger partial charge in [0.05, 0.1) is 0 Å². The summed E-state index contributed by atoms with van der Waals surface area (Å²) in [5.41, 5.74) is 1.01. The van der Waals surface area contributed by atoms with E-state index >= 15 is 0 Å². The zero-order chi connectivity index (χ0) is 14.7. The summed E-state index contributed by atoms with van der Waals surface area (Å²) >= 11 is 0. The third kappa shape index (κ3) is 2.74. The lowest BCUT2D eigenvalue weighted by molar-refractivity contribution is 0.0517. The van der Waals surface area contributed by atoms with Gasteiger partial charge in [0, 0.05) is 36.5 Å². The van der Waals surface area contributed by atoms with Crippen molar-refractivity contribution >= 4 is 18.1 Å². The summed E-state index contributed by atoms with van der Waals surface area (Å²) in [4.78, 5) is 33.1. The molecule has 1 aliphatic rings. The fraction of sp³-hybridized carbons (Fsp3) is 0.200. The summed E-state index contributed by atoms with van der Waals surface area (Å²) < 4.78 is 0. The smallest absolute Gasteiger partial charge is 0.255 e. The Morgan fingerprint density at radius 3 is 2.76 bits per heavy atom. The lowest BCUT2D eigenvalue weighted by Crippen LogP contribution is -2.55. The number of likely N-dealkylation sites (tertiary alicyclic amines) is 1. The highest BCUT2D eigenvalue weighted by atomic mass is 16.2. The first-order valence-corrected chi connectivity index (χ1v) is 6.68. The SMILES string of the molecule is O=Cc1cccc(C(=O)N2CCC2Nc2ncccn2)c1. The molecule has 0 radical (unpaired) electrons.